The second kappa shape index (κ2) is 23.5. The molecule has 2 atom stereocenters. The third-order valence-corrected chi connectivity index (χ3v) is 16.7. The molecule has 15 rings (SSSR count). The van der Waals surface area contributed by atoms with Crippen molar-refractivity contribution in [1.29, 1.82) is 0 Å². The molecule has 0 aliphatic carbocycles. The second-order valence-corrected chi connectivity index (χ2v) is 22.2. The molecule has 11 heteroatoms. The number of ether oxygens (including phenoxy) is 4. The van der Waals surface area contributed by atoms with Crippen molar-refractivity contribution in [3.05, 3.63) is 275 Å². The van der Waals surface area contributed by atoms with Crippen molar-refractivity contribution in [3.8, 4) is 46.1 Å². The maximum absolute atomic E-state index is 7.09. The number of nitrogens with zero attached hydrogens (tertiary/aromatic N) is 6. The minimum Gasteiger partial charge on any atom is -0.473 e. The van der Waals surface area contributed by atoms with Crippen LogP contribution in [0.25, 0.3) is 45.3 Å². The summed E-state index contributed by atoms with van der Waals surface area (Å²) in [5.41, 5.74) is 9.35. The topological polar surface area (TPSA) is 95.0 Å². The first-order chi connectivity index (χ1) is 42.0. The summed E-state index contributed by atoms with van der Waals surface area (Å²) in [6, 6.07) is 75.8. The molecule has 10 nitrogen and oxygen atoms in total. The third kappa shape index (κ3) is 10.7. The molecule has 0 spiro atoms. The summed E-state index contributed by atoms with van der Waals surface area (Å²) in [4.78, 5) is 23.8. The van der Waals surface area contributed by atoms with Crippen molar-refractivity contribution in [3.63, 3.8) is 0 Å². The fourth-order valence-electron chi connectivity index (χ4n) is 12.2. The van der Waals surface area contributed by atoms with Gasteiger partial charge in [-0.2, -0.15) is 9.97 Å². The average Bonchev–Trinajstić information content (AvgIpc) is 1.07. The normalized spacial score (nSPS) is 17.8. The van der Waals surface area contributed by atoms with Gasteiger partial charge < -0.3 is 28.7 Å². The summed E-state index contributed by atoms with van der Waals surface area (Å²) in [7, 11) is 0. The van der Waals surface area contributed by atoms with Gasteiger partial charge in [0.25, 0.3) is 0 Å². The second-order valence-electron chi connectivity index (χ2n) is 21.9. The van der Waals surface area contributed by atoms with Crippen molar-refractivity contribution in [2.75, 3.05) is 36.0 Å². The van der Waals surface area contributed by atoms with Crippen molar-refractivity contribution in [1.82, 2.24) is 19.9 Å². The fraction of sp³-hybridized carbons (Fsp3) is 0.162. The zero-order valence-electron chi connectivity index (χ0n) is 46.9. The molecular weight excluding hydrogens is 1070 g/mol. The highest BCUT2D eigenvalue weighted by Gasteiger charge is 2.40. The van der Waals surface area contributed by atoms with Gasteiger partial charge in [-0.25, -0.2) is 9.97 Å². The monoisotopic (exact) mass is 1130 g/mol. The summed E-state index contributed by atoms with van der Waals surface area (Å²) in [6.45, 7) is 4.45. The number of benzene rings is 9. The Bertz CT molecular complexity index is 4200. The molecule has 0 saturated carbocycles. The molecule has 9 aromatic carbocycles. The molecule has 11 aromatic rings. The standard InChI is InChI=1S/C40H33N3O2.C34H28ClN3O2/c1-5-13-29(14-6-1)38-41-35-23-24-36-34(37(35)39(42-38)44-33-17-9-3-10-18-33)25-26-40(45-36,30-15-7-2-8-16-30)31-19-21-32(22-20-31)43-27-11-4-12-28-43;35-33-36-29-18-19-30-28(31(29)32(37-33)39-27-12-6-2-7-13-27)20-21-34(40-30,24-10-4-1-5-11-24)25-14-16-26(17-15-25)38-22-8-3-9-23-38/h1-3,5-10,13-26H,4,11-12,27-28H2;1-2,4-7,10-21H,3,8-9,22-23H2. The van der Waals surface area contributed by atoms with Crippen LogP contribution in [0.1, 0.15) is 71.9 Å². The van der Waals surface area contributed by atoms with E-state index in [4.69, 9.17) is 40.5 Å². The molecular formula is C74H61ClN6O4. The van der Waals surface area contributed by atoms with E-state index in [1.54, 1.807) is 0 Å². The minimum absolute atomic E-state index is 0.131. The zero-order chi connectivity index (χ0) is 57.0. The molecule has 2 unspecified atom stereocenters. The fourth-order valence-corrected chi connectivity index (χ4v) is 12.4. The largest absolute Gasteiger partial charge is 0.473 e. The predicted molar refractivity (Wildman–Crippen MR) is 341 cm³/mol. The highest BCUT2D eigenvalue weighted by atomic mass is 35.5. The molecule has 0 bridgehead atoms. The summed E-state index contributed by atoms with van der Waals surface area (Å²) in [5.74, 6) is 4.36. The third-order valence-electron chi connectivity index (χ3n) is 16.5. The maximum atomic E-state index is 7.09. The molecule has 2 fully saturated rings. The van der Waals surface area contributed by atoms with Gasteiger partial charge in [-0.15, -0.1) is 0 Å². The van der Waals surface area contributed by atoms with Crippen LogP contribution in [0.2, 0.25) is 5.28 Å². The predicted octanol–water partition coefficient (Wildman–Crippen LogP) is 17.8. The van der Waals surface area contributed by atoms with Crippen molar-refractivity contribution in [2.45, 2.75) is 49.7 Å². The molecule has 4 aliphatic rings. The molecule has 0 radical (unpaired) electrons. The molecule has 0 amide bonds. The van der Waals surface area contributed by atoms with Gasteiger partial charge >= 0.3 is 0 Å². The Hall–Kier alpha value is -9.77. The van der Waals surface area contributed by atoms with E-state index in [0.29, 0.717) is 34.6 Å². The molecule has 6 heterocycles. The van der Waals surface area contributed by atoms with E-state index in [1.807, 2.05) is 140 Å². The van der Waals surface area contributed by atoms with Crippen LogP contribution in [0.15, 0.2) is 237 Å². The quantitative estimate of drug-likeness (QED) is 0.117. The maximum Gasteiger partial charge on any atom is 0.232 e. The Morgan fingerprint density at radius 3 is 1.21 bits per heavy atom. The molecule has 0 N–H and O–H groups in total. The van der Waals surface area contributed by atoms with Gasteiger partial charge in [0.1, 0.15) is 23.0 Å². The molecule has 85 heavy (non-hydrogen) atoms. The lowest BCUT2D eigenvalue weighted by molar-refractivity contribution is 0.161. The zero-order valence-corrected chi connectivity index (χ0v) is 47.7. The van der Waals surface area contributed by atoms with E-state index >= 15 is 0 Å². The van der Waals surface area contributed by atoms with Crippen LogP contribution < -0.4 is 28.7 Å². The van der Waals surface area contributed by atoms with E-state index < -0.39 is 11.2 Å². The lowest BCUT2D eigenvalue weighted by Gasteiger charge is -2.37. The smallest absolute Gasteiger partial charge is 0.232 e. The van der Waals surface area contributed by atoms with Crippen LogP contribution in [0.3, 0.4) is 0 Å². The first kappa shape index (κ1) is 53.2. The number of hydrogen-bond acceptors (Lipinski definition) is 10. The molecule has 4 aliphatic heterocycles. The number of halogens is 1. The first-order valence-corrected chi connectivity index (χ1v) is 29.8. The highest BCUT2D eigenvalue weighted by Crippen LogP contribution is 2.49. The lowest BCUT2D eigenvalue weighted by Crippen LogP contribution is -2.34. The summed E-state index contributed by atoms with van der Waals surface area (Å²) >= 11 is 6.29. The number of aromatic nitrogens is 4. The van der Waals surface area contributed by atoms with Gasteiger partial charge in [-0.3, -0.25) is 0 Å². The van der Waals surface area contributed by atoms with E-state index in [1.165, 1.54) is 49.9 Å². The van der Waals surface area contributed by atoms with E-state index in [9.17, 15) is 0 Å². The number of rotatable bonds is 11. The Morgan fingerprint density at radius 1 is 0.376 bits per heavy atom. The van der Waals surface area contributed by atoms with Gasteiger partial charge in [0.2, 0.25) is 17.0 Å². The lowest BCUT2D eigenvalue weighted by atomic mass is 9.83. The van der Waals surface area contributed by atoms with Gasteiger partial charge in [0.15, 0.2) is 17.0 Å². The Kier molecular flexibility index (Phi) is 14.7. The highest BCUT2D eigenvalue weighted by molar-refractivity contribution is 6.28. The summed E-state index contributed by atoms with van der Waals surface area (Å²) in [5, 5.41) is 1.70. The summed E-state index contributed by atoms with van der Waals surface area (Å²) in [6.07, 6.45) is 16.2. The van der Waals surface area contributed by atoms with Crippen LogP contribution in [-0.4, -0.2) is 46.1 Å². The SMILES string of the molecule is C1=CC(c2ccccc2)(c2ccc(N3CCCCC3)cc2)Oc2ccc3nc(-c4ccccc4)nc(Oc4ccccc4)c3c21.Clc1nc(Oc2ccccc2)c2c3c(ccc2n1)OC(c1ccccc1)(c1ccc(N2CCCCC2)cc1)C=C3. The number of fused-ring (bicyclic) bond motifs is 6. The van der Waals surface area contributed by atoms with Crippen molar-refractivity contribution >= 4 is 56.9 Å². The number of piperidine rings is 2. The van der Waals surface area contributed by atoms with Crippen LogP contribution in [0.4, 0.5) is 11.4 Å². The number of anilines is 2. The van der Waals surface area contributed by atoms with Crippen LogP contribution in [-0.2, 0) is 11.2 Å². The van der Waals surface area contributed by atoms with Crippen LogP contribution >= 0.6 is 11.6 Å². The van der Waals surface area contributed by atoms with E-state index in [-0.39, 0.29) is 5.28 Å². The first-order valence-electron chi connectivity index (χ1n) is 29.4. The van der Waals surface area contributed by atoms with Gasteiger partial charge in [-0.05, 0) is 147 Å². The molecule has 2 saturated heterocycles. The van der Waals surface area contributed by atoms with Gasteiger partial charge in [-0.1, -0.05) is 152 Å². The molecule has 418 valence electrons. The molecule has 2 aromatic heterocycles. The Morgan fingerprint density at radius 2 is 0.765 bits per heavy atom. The number of hydrogen-bond donors (Lipinski definition) is 0. The Balaban J connectivity index is 0.000000152. The summed E-state index contributed by atoms with van der Waals surface area (Å²) < 4.78 is 26.7. The van der Waals surface area contributed by atoms with Crippen LogP contribution in [0.5, 0.6) is 34.8 Å². The Labute approximate surface area is 500 Å². The van der Waals surface area contributed by atoms with E-state index in [2.05, 4.69) is 129 Å². The average molecular weight is 1130 g/mol. The van der Waals surface area contributed by atoms with Crippen molar-refractivity contribution in [2.24, 2.45) is 0 Å². The van der Waals surface area contributed by atoms with Crippen molar-refractivity contribution < 1.29 is 18.9 Å². The van der Waals surface area contributed by atoms with Gasteiger partial charge in [0, 0.05) is 76.5 Å². The van der Waals surface area contributed by atoms with Gasteiger partial charge in [0.05, 0.1) is 21.8 Å². The number of para-hydroxylation sites is 2. The van der Waals surface area contributed by atoms with E-state index in [0.717, 1.165) is 92.9 Å². The minimum atomic E-state index is -0.798. The van der Waals surface area contributed by atoms with Crippen LogP contribution in [0, 0.1) is 0 Å².